The minimum atomic E-state index is 0.745. The van der Waals surface area contributed by atoms with Gasteiger partial charge in [-0.3, -0.25) is 9.89 Å². The maximum absolute atomic E-state index is 5.67. The molecule has 0 unspecified atom stereocenters. The lowest BCUT2D eigenvalue weighted by atomic mass is 9.97. The van der Waals surface area contributed by atoms with E-state index < -0.39 is 0 Å². The monoisotopic (exact) mass is 378 g/mol. The van der Waals surface area contributed by atoms with Crippen LogP contribution < -0.4 is 10.6 Å². The molecule has 2 N–H and O–H groups in total. The molecule has 0 bridgehead atoms. The Balaban J connectivity index is 1.22. The van der Waals surface area contributed by atoms with E-state index in [1.165, 1.54) is 43.6 Å². The molecule has 1 saturated carbocycles. The summed E-state index contributed by atoms with van der Waals surface area (Å²) in [5, 5.41) is 9.07. The van der Waals surface area contributed by atoms with Gasteiger partial charge in [0.15, 0.2) is 5.96 Å². The molecule has 0 radical (unpaired) electrons. The van der Waals surface area contributed by atoms with Crippen LogP contribution in [0, 0.1) is 11.8 Å². The second kappa shape index (κ2) is 10.9. The van der Waals surface area contributed by atoms with Crippen molar-refractivity contribution in [1.82, 2.24) is 15.5 Å². The Kier molecular flexibility index (Phi) is 8.24. The van der Waals surface area contributed by atoms with Crippen LogP contribution >= 0.6 is 11.3 Å². The zero-order valence-electron chi connectivity index (χ0n) is 16.1. The van der Waals surface area contributed by atoms with Crippen molar-refractivity contribution in [3.8, 4) is 0 Å². The van der Waals surface area contributed by atoms with Crippen molar-refractivity contribution in [3.63, 3.8) is 0 Å². The summed E-state index contributed by atoms with van der Waals surface area (Å²) in [7, 11) is 1.85. The van der Waals surface area contributed by atoms with Gasteiger partial charge >= 0.3 is 0 Å². The molecule has 0 amide bonds. The molecule has 26 heavy (non-hydrogen) atoms. The van der Waals surface area contributed by atoms with Gasteiger partial charge in [-0.05, 0) is 68.5 Å². The molecular weight excluding hydrogens is 344 g/mol. The third-order valence-corrected chi connectivity index (χ3v) is 6.12. The molecule has 0 aromatic carbocycles. The molecule has 1 aliphatic carbocycles. The number of nitrogens with one attached hydrogen (secondary N) is 2. The number of likely N-dealkylation sites (tertiary alicyclic amines) is 1. The molecule has 2 fully saturated rings. The molecule has 6 heteroatoms. The molecule has 2 heterocycles. The maximum atomic E-state index is 5.67. The summed E-state index contributed by atoms with van der Waals surface area (Å²) >= 11 is 1.86. The van der Waals surface area contributed by atoms with E-state index >= 15 is 0 Å². The van der Waals surface area contributed by atoms with Crippen LogP contribution in [-0.4, -0.2) is 57.3 Å². The first kappa shape index (κ1) is 19.6. The summed E-state index contributed by atoms with van der Waals surface area (Å²) in [5.41, 5.74) is 0. The number of hydrogen-bond donors (Lipinski definition) is 2. The number of guanidine groups is 1. The Bertz CT molecular complexity index is 522. The molecule has 0 spiro atoms. The van der Waals surface area contributed by atoms with Crippen LogP contribution in [0.2, 0.25) is 0 Å². The minimum Gasteiger partial charge on any atom is -0.381 e. The summed E-state index contributed by atoms with van der Waals surface area (Å²) in [6.45, 7) is 7.27. The second-order valence-corrected chi connectivity index (χ2v) is 8.58. The molecule has 1 saturated heterocycles. The van der Waals surface area contributed by atoms with Crippen LogP contribution in [-0.2, 0) is 11.3 Å². The fourth-order valence-electron chi connectivity index (χ4n) is 3.35. The first-order valence-electron chi connectivity index (χ1n) is 10.1. The van der Waals surface area contributed by atoms with E-state index in [9.17, 15) is 0 Å². The van der Waals surface area contributed by atoms with Crippen LogP contribution in [0.5, 0.6) is 0 Å². The quantitative estimate of drug-likeness (QED) is 0.373. The van der Waals surface area contributed by atoms with Crippen molar-refractivity contribution in [2.75, 3.05) is 46.4 Å². The predicted octanol–water partition coefficient (Wildman–Crippen LogP) is 2.94. The van der Waals surface area contributed by atoms with Crippen molar-refractivity contribution in [1.29, 1.82) is 0 Å². The van der Waals surface area contributed by atoms with Crippen molar-refractivity contribution in [3.05, 3.63) is 22.4 Å². The van der Waals surface area contributed by atoms with Gasteiger partial charge in [0.1, 0.15) is 0 Å². The van der Waals surface area contributed by atoms with Crippen molar-refractivity contribution in [2.24, 2.45) is 16.8 Å². The Hall–Kier alpha value is -1.11. The number of rotatable bonds is 10. The molecule has 1 aliphatic heterocycles. The third kappa shape index (κ3) is 7.25. The van der Waals surface area contributed by atoms with Crippen LogP contribution in [0.1, 0.15) is 37.0 Å². The van der Waals surface area contributed by atoms with Crippen molar-refractivity contribution >= 4 is 17.3 Å². The van der Waals surface area contributed by atoms with Crippen LogP contribution in [0.25, 0.3) is 0 Å². The molecule has 3 rings (SSSR count). The molecule has 5 nitrogen and oxygen atoms in total. The van der Waals surface area contributed by atoms with Crippen LogP contribution in [0.3, 0.4) is 0 Å². The highest BCUT2D eigenvalue weighted by molar-refractivity contribution is 7.09. The topological polar surface area (TPSA) is 48.9 Å². The number of nitrogens with zero attached hydrogens (tertiary/aromatic N) is 2. The Morgan fingerprint density at radius 1 is 1.23 bits per heavy atom. The second-order valence-electron chi connectivity index (χ2n) is 7.55. The fraction of sp³-hybridized carbons (Fsp3) is 0.750. The minimum absolute atomic E-state index is 0.745. The molecular formula is C20H34N4OS. The van der Waals surface area contributed by atoms with Gasteiger partial charge in [-0.25, -0.2) is 0 Å². The van der Waals surface area contributed by atoms with Gasteiger partial charge in [0, 0.05) is 44.8 Å². The molecule has 2 aliphatic rings. The highest BCUT2D eigenvalue weighted by atomic mass is 32.1. The first-order valence-corrected chi connectivity index (χ1v) is 11.0. The maximum Gasteiger partial charge on any atom is 0.190 e. The number of hydrogen-bond acceptors (Lipinski definition) is 4. The van der Waals surface area contributed by atoms with Crippen molar-refractivity contribution < 1.29 is 4.74 Å². The zero-order chi connectivity index (χ0) is 18.0. The van der Waals surface area contributed by atoms with E-state index in [4.69, 9.17) is 4.74 Å². The Morgan fingerprint density at radius 2 is 2.08 bits per heavy atom. The van der Waals surface area contributed by atoms with Gasteiger partial charge in [-0.15, -0.1) is 11.3 Å². The zero-order valence-corrected chi connectivity index (χ0v) is 16.9. The molecule has 0 atom stereocenters. The van der Waals surface area contributed by atoms with E-state index in [2.05, 4.69) is 38.0 Å². The fourth-order valence-corrected chi connectivity index (χ4v) is 4.09. The van der Waals surface area contributed by atoms with Gasteiger partial charge in [0.2, 0.25) is 0 Å². The van der Waals surface area contributed by atoms with Gasteiger partial charge in [0.25, 0.3) is 0 Å². The number of aliphatic imine (C=N–C) groups is 1. The summed E-state index contributed by atoms with van der Waals surface area (Å²) in [6.07, 6.45) is 6.30. The average Bonchev–Trinajstić information content (AvgIpc) is 3.36. The summed E-state index contributed by atoms with van der Waals surface area (Å²) in [5.74, 6) is 2.53. The predicted molar refractivity (Wildman–Crippen MR) is 110 cm³/mol. The third-order valence-electron chi connectivity index (χ3n) is 5.26. The van der Waals surface area contributed by atoms with Crippen LogP contribution in [0.4, 0.5) is 0 Å². The molecule has 1 aromatic rings. The summed E-state index contributed by atoms with van der Waals surface area (Å²) in [4.78, 5) is 8.40. The largest absolute Gasteiger partial charge is 0.381 e. The summed E-state index contributed by atoms with van der Waals surface area (Å²) in [6, 6.07) is 4.39. The normalized spacial score (nSPS) is 19.7. The first-order chi connectivity index (χ1) is 12.8. The van der Waals surface area contributed by atoms with E-state index in [1.807, 2.05) is 18.4 Å². The van der Waals surface area contributed by atoms with Gasteiger partial charge in [0.05, 0.1) is 0 Å². The SMILES string of the molecule is CN=C(NCCCOCC1CC1)NCC1CCN(Cc2cccs2)CC1. The van der Waals surface area contributed by atoms with E-state index in [0.29, 0.717) is 0 Å². The van der Waals surface area contributed by atoms with Crippen LogP contribution in [0.15, 0.2) is 22.5 Å². The average molecular weight is 379 g/mol. The van der Waals surface area contributed by atoms with Crippen molar-refractivity contribution in [2.45, 2.75) is 38.6 Å². The lowest BCUT2D eigenvalue weighted by Gasteiger charge is -2.32. The Morgan fingerprint density at radius 3 is 2.77 bits per heavy atom. The van der Waals surface area contributed by atoms with E-state index in [-0.39, 0.29) is 0 Å². The lowest BCUT2D eigenvalue weighted by Crippen LogP contribution is -2.43. The van der Waals surface area contributed by atoms with E-state index in [0.717, 1.165) is 57.1 Å². The molecule has 146 valence electrons. The van der Waals surface area contributed by atoms with E-state index in [1.54, 1.807) is 0 Å². The lowest BCUT2D eigenvalue weighted by molar-refractivity contribution is 0.123. The number of ether oxygens (including phenoxy) is 1. The number of thiophene rings is 1. The standard InChI is InChI=1S/C20H34N4OS/c1-21-20(22-9-3-12-25-16-18-5-6-18)23-14-17-7-10-24(11-8-17)15-19-4-2-13-26-19/h2,4,13,17-18H,3,5-12,14-16H2,1H3,(H2,21,22,23). The van der Waals surface area contributed by atoms with Gasteiger partial charge in [-0.1, -0.05) is 6.07 Å². The smallest absolute Gasteiger partial charge is 0.190 e. The van der Waals surface area contributed by atoms with Gasteiger partial charge in [-0.2, -0.15) is 0 Å². The number of piperidine rings is 1. The Labute approximate surface area is 162 Å². The highest BCUT2D eigenvalue weighted by Gasteiger charge is 2.21. The summed E-state index contributed by atoms with van der Waals surface area (Å²) < 4.78 is 5.67. The van der Waals surface area contributed by atoms with Gasteiger partial charge < -0.3 is 15.4 Å². The molecule has 1 aromatic heterocycles. The highest BCUT2D eigenvalue weighted by Crippen LogP contribution is 2.28.